The number of carbonyl (C=O) groups is 3. The molecule has 188 valence electrons. The summed E-state index contributed by atoms with van der Waals surface area (Å²) >= 11 is 1.24. The van der Waals surface area contributed by atoms with Crippen molar-refractivity contribution in [1.82, 2.24) is 10.2 Å². The van der Waals surface area contributed by atoms with Crippen LogP contribution >= 0.6 is 11.3 Å². The number of thiophene rings is 1. The first kappa shape index (κ1) is 25.2. The second kappa shape index (κ2) is 9.98. The van der Waals surface area contributed by atoms with Crippen LogP contribution in [0, 0.1) is 11.8 Å². The standard InChI is InChI=1S/C24H26F3N3O4S/c1-34-22-18-15(16-9-10-35-19(16)20(28)31)3-2-4-17(18)21(32)30(22)12-14-7-5-13(6-8-14)11-29-23(33)24(25,26)27/h2-4,9-10,13-14,22H,5-8,11-12H2,1H3,(H2,28,31)(H,29,33). The van der Waals surface area contributed by atoms with E-state index in [0.29, 0.717) is 41.0 Å². The van der Waals surface area contributed by atoms with E-state index >= 15 is 0 Å². The highest BCUT2D eigenvalue weighted by Gasteiger charge is 2.41. The van der Waals surface area contributed by atoms with Crippen LogP contribution < -0.4 is 11.1 Å². The van der Waals surface area contributed by atoms with E-state index < -0.39 is 24.2 Å². The number of rotatable bonds is 7. The summed E-state index contributed by atoms with van der Waals surface area (Å²) < 4.78 is 43.0. The molecule has 1 aliphatic carbocycles. The van der Waals surface area contributed by atoms with Gasteiger partial charge in [0.1, 0.15) is 0 Å². The Balaban J connectivity index is 1.45. The van der Waals surface area contributed by atoms with E-state index in [4.69, 9.17) is 10.5 Å². The summed E-state index contributed by atoms with van der Waals surface area (Å²) in [6.07, 6.45) is -2.72. The summed E-state index contributed by atoms with van der Waals surface area (Å²) in [5.41, 5.74) is 8.14. The predicted octanol–water partition coefficient (Wildman–Crippen LogP) is 4.10. The Morgan fingerprint density at radius 3 is 2.40 bits per heavy atom. The summed E-state index contributed by atoms with van der Waals surface area (Å²) in [6.45, 7) is 0.436. The first-order chi connectivity index (χ1) is 16.6. The van der Waals surface area contributed by atoms with Crippen molar-refractivity contribution >= 4 is 29.1 Å². The van der Waals surface area contributed by atoms with Gasteiger partial charge >= 0.3 is 12.1 Å². The highest BCUT2D eigenvalue weighted by molar-refractivity contribution is 7.12. The van der Waals surface area contributed by atoms with Gasteiger partial charge in [-0.05, 0) is 60.6 Å². The van der Waals surface area contributed by atoms with Crippen LogP contribution in [0.25, 0.3) is 11.1 Å². The molecule has 35 heavy (non-hydrogen) atoms. The van der Waals surface area contributed by atoms with E-state index in [9.17, 15) is 27.6 Å². The number of halogens is 3. The van der Waals surface area contributed by atoms with E-state index in [0.717, 1.165) is 18.4 Å². The molecule has 2 heterocycles. The fourth-order valence-corrected chi connectivity index (χ4v) is 5.80. The van der Waals surface area contributed by atoms with Crippen LogP contribution in [0.1, 0.15) is 57.5 Å². The maximum absolute atomic E-state index is 13.3. The first-order valence-corrected chi connectivity index (χ1v) is 12.2. The molecule has 2 aromatic rings. The molecule has 0 spiro atoms. The maximum atomic E-state index is 13.3. The van der Waals surface area contributed by atoms with Gasteiger partial charge in [0.15, 0.2) is 6.23 Å². The molecule has 3 N–H and O–H groups in total. The van der Waals surface area contributed by atoms with Crippen LogP contribution in [0.3, 0.4) is 0 Å². The number of fused-ring (bicyclic) bond motifs is 1. The van der Waals surface area contributed by atoms with Crippen molar-refractivity contribution in [2.24, 2.45) is 17.6 Å². The molecule has 0 radical (unpaired) electrons. The van der Waals surface area contributed by atoms with Gasteiger partial charge in [-0.1, -0.05) is 12.1 Å². The minimum absolute atomic E-state index is 0.00789. The van der Waals surface area contributed by atoms with E-state index in [-0.39, 0.29) is 24.3 Å². The smallest absolute Gasteiger partial charge is 0.365 e. The first-order valence-electron chi connectivity index (χ1n) is 11.3. The van der Waals surface area contributed by atoms with Gasteiger partial charge in [-0.2, -0.15) is 13.2 Å². The molecule has 1 atom stereocenters. The largest absolute Gasteiger partial charge is 0.471 e. The van der Waals surface area contributed by atoms with Gasteiger partial charge in [-0.3, -0.25) is 14.4 Å². The van der Waals surface area contributed by atoms with Crippen LogP contribution in [-0.4, -0.2) is 49.0 Å². The summed E-state index contributed by atoms with van der Waals surface area (Å²) in [7, 11) is 1.53. The zero-order valence-electron chi connectivity index (χ0n) is 19.1. The van der Waals surface area contributed by atoms with Crippen molar-refractivity contribution in [3.8, 4) is 11.1 Å². The predicted molar refractivity (Wildman–Crippen MR) is 124 cm³/mol. The van der Waals surface area contributed by atoms with Crippen LogP contribution in [0.5, 0.6) is 0 Å². The molecule has 1 saturated carbocycles. The van der Waals surface area contributed by atoms with Crippen molar-refractivity contribution in [2.75, 3.05) is 20.2 Å². The number of carbonyl (C=O) groups excluding carboxylic acids is 3. The highest BCUT2D eigenvalue weighted by Crippen LogP contribution is 2.43. The Morgan fingerprint density at radius 2 is 1.77 bits per heavy atom. The van der Waals surface area contributed by atoms with Crippen molar-refractivity contribution in [2.45, 2.75) is 38.1 Å². The van der Waals surface area contributed by atoms with Crippen LogP contribution in [0.15, 0.2) is 29.6 Å². The van der Waals surface area contributed by atoms with Gasteiger partial charge in [-0.25, -0.2) is 0 Å². The number of primary amides is 1. The summed E-state index contributed by atoms with van der Waals surface area (Å²) in [5, 5.41) is 3.75. The molecule has 4 rings (SSSR count). The van der Waals surface area contributed by atoms with E-state index in [1.54, 1.807) is 28.5 Å². The number of methoxy groups -OCH3 is 1. The van der Waals surface area contributed by atoms with Gasteiger partial charge in [0.2, 0.25) is 0 Å². The molecule has 2 aliphatic rings. The SMILES string of the molecule is COC1c2c(cccc2-c2ccsc2C(N)=O)C(=O)N1CC1CCC(CNC(=O)C(F)(F)F)CC1. The summed E-state index contributed by atoms with van der Waals surface area (Å²) in [5.74, 6) is -2.48. The fourth-order valence-electron chi connectivity index (χ4n) is 5.04. The molecule has 11 heteroatoms. The van der Waals surface area contributed by atoms with E-state index in [2.05, 4.69) is 0 Å². The Morgan fingerprint density at radius 1 is 1.11 bits per heavy atom. The van der Waals surface area contributed by atoms with Gasteiger partial charge < -0.3 is 20.7 Å². The topological polar surface area (TPSA) is 102 Å². The maximum Gasteiger partial charge on any atom is 0.471 e. The van der Waals surface area contributed by atoms with Crippen molar-refractivity contribution < 1.29 is 32.3 Å². The molecule has 3 amide bonds. The van der Waals surface area contributed by atoms with Crippen LogP contribution in [0.4, 0.5) is 13.2 Å². The Kier molecular flexibility index (Phi) is 7.18. The average molecular weight is 510 g/mol. The molecular weight excluding hydrogens is 483 g/mol. The molecule has 0 bridgehead atoms. The lowest BCUT2D eigenvalue weighted by Crippen LogP contribution is -2.40. The van der Waals surface area contributed by atoms with Gasteiger partial charge in [-0.15, -0.1) is 11.3 Å². The lowest BCUT2D eigenvalue weighted by atomic mass is 9.81. The third kappa shape index (κ3) is 5.06. The molecule has 0 saturated heterocycles. The quantitative estimate of drug-likeness (QED) is 0.587. The van der Waals surface area contributed by atoms with E-state index in [1.165, 1.54) is 18.4 Å². The van der Waals surface area contributed by atoms with Crippen LogP contribution in [-0.2, 0) is 9.53 Å². The minimum Gasteiger partial charge on any atom is -0.365 e. The number of nitrogens with two attached hydrogens (primary N) is 1. The number of amides is 3. The highest BCUT2D eigenvalue weighted by atomic mass is 32.1. The second-order valence-corrected chi connectivity index (χ2v) is 9.85. The Hall–Kier alpha value is -2.92. The Bertz CT molecular complexity index is 1130. The van der Waals surface area contributed by atoms with Crippen LogP contribution in [0.2, 0.25) is 0 Å². The molecule has 7 nitrogen and oxygen atoms in total. The lowest BCUT2D eigenvalue weighted by Gasteiger charge is -2.33. The third-order valence-corrected chi connectivity index (χ3v) is 7.69. The molecule has 1 aromatic carbocycles. The number of nitrogens with zero attached hydrogens (tertiary/aromatic N) is 1. The number of ether oxygens (including phenoxy) is 1. The zero-order chi connectivity index (χ0) is 25.3. The second-order valence-electron chi connectivity index (χ2n) is 8.93. The van der Waals surface area contributed by atoms with E-state index in [1.807, 2.05) is 11.4 Å². The van der Waals surface area contributed by atoms with Crippen molar-refractivity contribution in [3.63, 3.8) is 0 Å². The van der Waals surface area contributed by atoms with Crippen molar-refractivity contribution in [1.29, 1.82) is 0 Å². The molecule has 1 unspecified atom stereocenters. The summed E-state index contributed by atoms with van der Waals surface area (Å²) in [4.78, 5) is 38.4. The normalized spacial score (nSPS) is 22.2. The van der Waals surface area contributed by atoms with Gasteiger partial charge in [0, 0.05) is 36.9 Å². The number of hydrogen-bond donors (Lipinski definition) is 2. The Labute approximate surface area is 204 Å². The monoisotopic (exact) mass is 509 g/mol. The molecule has 1 aromatic heterocycles. The lowest BCUT2D eigenvalue weighted by molar-refractivity contribution is -0.173. The van der Waals surface area contributed by atoms with Gasteiger partial charge in [0.25, 0.3) is 11.8 Å². The average Bonchev–Trinajstić information content (AvgIpc) is 3.41. The molecule has 1 fully saturated rings. The number of alkyl halides is 3. The molecule has 1 aliphatic heterocycles. The number of benzene rings is 1. The minimum atomic E-state index is -4.88. The van der Waals surface area contributed by atoms with Gasteiger partial charge in [0.05, 0.1) is 4.88 Å². The fraction of sp³-hybridized carbons (Fsp3) is 0.458. The van der Waals surface area contributed by atoms with Crippen molar-refractivity contribution in [3.05, 3.63) is 45.6 Å². The third-order valence-electron chi connectivity index (χ3n) is 6.76. The number of nitrogens with one attached hydrogen (secondary N) is 1. The molecular formula is C24H26F3N3O4S. The summed E-state index contributed by atoms with van der Waals surface area (Å²) in [6, 6.07) is 7.16. The zero-order valence-corrected chi connectivity index (χ0v) is 19.9. The number of hydrogen-bond acceptors (Lipinski definition) is 5.